The first kappa shape index (κ1) is 11.7. The van der Waals surface area contributed by atoms with Gasteiger partial charge in [-0.3, -0.25) is 19.8 Å². The third-order valence-corrected chi connectivity index (χ3v) is 3.29. The van der Waals surface area contributed by atoms with Gasteiger partial charge >= 0.3 is 0 Å². The van der Waals surface area contributed by atoms with Crippen LogP contribution in [0.15, 0.2) is 34.0 Å². The molecule has 2 aromatic heterocycles. The molecule has 19 heavy (non-hydrogen) atoms. The summed E-state index contributed by atoms with van der Waals surface area (Å²) in [5, 5.41) is 9.43. The van der Waals surface area contributed by atoms with Gasteiger partial charge in [-0.15, -0.1) is 0 Å². The third-order valence-electron chi connectivity index (χ3n) is 2.88. The smallest absolute Gasteiger partial charge is 0.267 e. The van der Waals surface area contributed by atoms with Crippen LogP contribution in [-0.4, -0.2) is 20.0 Å². The van der Waals surface area contributed by atoms with Gasteiger partial charge < -0.3 is 0 Å². The predicted octanol–water partition coefficient (Wildman–Crippen LogP) is 1.36. The van der Waals surface area contributed by atoms with Crippen LogP contribution in [0.3, 0.4) is 0 Å². The lowest BCUT2D eigenvalue weighted by Crippen LogP contribution is -2.18. The monoisotopic (exact) mass is 276 g/mol. The van der Waals surface area contributed by atoms with Gasteiger partial charge in [-0.25, -0.2) is 4.68 Å². The average molecular weight is 277 g/mol. The van der Waals surface area contributed by atoms with Crippen molar-refractivity contribution in [1.29, 1.82) is 0 Å². The second-order valence-corrected chi connectivity index (χ2v) is 4.58. The molecule has 0 radical (unpaired) electrons. The van der Waals surface area contributed by atoms with Gasteiger partial charge in [0.05, 0.1) is 11.1 Å². The number of benzene rings is 1. The Morgan fingerprint density at radius 3 is 2.63 bits per heavy atom. The van der Waals surface area contributed by atoms with E-state index in [1.54, 1.807) is 6.07 Å². The molecule has 2 heterocycles. The number of rotatable bonds is 1. The van der Waals surface area contributed by atoms with Crippen molar-refractivity contribution in [2.75, 3.05) is 0 Å². The first-order chi connectivity index (χ1) is 9.06. The van der Waals surface area contributed by atoms with E-state index in [2.05, 4.69) is 15.3 Å². The summed E-state index contributed by atoms with van der Waals surface area (Å²) in [6, 6.07) is 5.39. The number of halogens is 1. The maximum atomic E-state index is 11.6. The molecule has 0 fully saturated rings. The zero-order chi connectivity index (χ0) is 13.6. The molecule has 7 heteroatoms. The van der Waals surface area contributed by atoms with Crippen LogP contribution in [0.5, 0.6) is 0 Å². The molecule has 96 valence electrons. The summed E-state index contributed by atoms with van der Waals surface area (Å²) in [4.78, 5) is 23.2. The van der Waals surface area contributed by atoms with Crippen molar-refractivity contribution in [2.24, 2.45) is 0 Å². The Morgan fingerprint density at radius 1 is 1.21 bits per heavy atom. The lowest BCUT2D eigenvalue weighted by atomic mass is 10.2. The SMILES string of the molecule is Cc1ccc(-n2cc3c(=O)[nH][nH]c(=O)c3n2)cc1Cl. The number of fused-ring (bicyclic) bond motifs is 1. The zero-order valence-electron chi connectivity index (χ0n) is 9.90. The van der Waals surface area contributed by atoms with Crippen molar-refractivity contribution in [2.45, 2.75) is 6.92 Å². The highest BCUT2D eigenvalue weighted by atomic mass is 35.5. The summed E-state index contributed by atoms with van der Waals surface area (Å²) < 4.78 is 1.46. The van der Waals surface area contributed by atoms with Crippen LogP contribution >= 0.6 is 11.6 Å². The van der Waals surface area contributed by atoms with Crippen LogP contribution in [0.2, 0.25) is 5.02 Å². The highest BCUT2D eigenvalue weighted by molar-refractivity contribution is 6.31. The van der Waals surface area contributed by atoms with E-state index in [1.807, 2.05) is 19.1 Å². The van der Waals surface area contributed by atoms with Gasteiger partial charge in [-0.05, 0) is 24.6 Å². The standard InChI is InChI=1S/C12H9ClN4O2/c1-6-2-3-7(4-9(6)13)17-5-8-10(16-17)12(19)15-14-11(8)18/h2-5H,1H3,(H,14,18)(H,15,19). The van der Waals surface area contributed by atoms with E-state index in [4.69, 9.17) is 11.6 Å². The Bertz CT molecular complexity index is 844. The van der Waals surface area contributed by atoms with Gasteiger partial charge in [-0.2, -0.15) is 5.10 Å². The van der Waals surface area contributed by atoms with Gasteiger partial charge in [-0.1, -0.05) is 17.7 Å². The van der Waals surface area contributed by atoms with Crippen LogP contribution in [0, 0.1) is 6.92 Å². The minimum atomic E-state index is -0.438. The Kier molecular flexibility index (Phi) is 2.53. The molecule has 0 aliphatic rings. The lowest BCUT2D eigenvalue weighted by Gasteiger charge is -2.03. The van der Waals surface area contributed by atoms with E-state index in [0.29, 0.717) is 10.7 Å². The van der Waals surface area contributed by atoms with E-state index in [1.165, 1.54) is 10.9 Å². The Hall–Kier alpha value is -2.34. The highest BCUT2D eigenvalue weighted by Crippen LogP contribution is 2.19. The van der Waals surface area contributed by atoms with Crippen molar-refractivity contribution < 1.29 is 0 Å². The maximum absolute atomic E-state index is 11.6. The minimum Gasteiger partial charge on any atom is -0.267 e. The second-order valence-electron chi connectivity index (χ2n) is 4.18. The molecule has 3 aromatic rings. The number of hydrogen-bond acceptors (Lipinski definition) is 3. The van der Waals surface area contributed by atoms with Gasteiger partial charge in [0.1, 0.15) is 0 Å². The number of hydrogen-bond donors (Lipinski definition) is 2. The van der Waals surface area contributed by atoms with Gasteiger partial charge in [0.2, 0.25) is 0 Å². The average Bonchev–Trinajstić information content (AvgIpc) is 2.83. The topological polar surface area (TPSA) is 83.5 Å². The molecule has 0 bridgehead atoms. The van der Waals surface area contributed by atoms with Crippen molar-refractivity contribution in [3.63, 3.8) is 0 Å². The molecule has 0 saturated heterocycles. The fraction of sp³-hybridized carbons (Fsp3) is 0.0833. The number of aromatic nitrogens is 4. The number of nitrogens with one attached hydrogen (secondary N) is 2. The van der Waals surface area contributed by atoms with E-state index in [0.717, 1.165) is 5.56 Å². The van der Waals surface area contributed by atoms with Crippen LogP contribution in [-0.2, 0) is 0 Å². The molecule has 1 aromatic carbocycles. The molecule has 0 aliphatic heterocycles. The summed E-state index contributed by atoms with van der Waals surface area (Å²) >= 11 is 6.05. The second kappa shape index (κ2) is 4.10. The molecule has 3 rings (SSSR count). The number of H-pyrrole nitrogens is 2. The Morgan fingerprint density at radius 2 is 1.95 bits per heavy atom. The molecule has 0 unspecified atom stereocenters. The fourth-order valence-electron chi connectivity index (χ4n) is 1.80. The third kappa shape index (κ3) is 1.86. The molecule has 0 saturated carbocycles. The van der Waals surface area contributed by atoms with Crippen molar-refractivity contribution in [3.8, 4) is 5.69 Å². The number of nitrogens with zero attached hydrogens (tertiary/aromatic N) is 2. The van der Waals surface area contributed by atoms with Gasteiger partial charge in [0, 0.05) is 11.2 Å². The Labute approximate surface area is 111 Å². The Balaban J connectivity index is 2.29. The molecule has 0 spiro atoms. The van der Waals surface area contributed by atoms with Crippen molar-refractivity contribution >= 4 is 22.5 Å². The summed E-state index contributed by atoms with van der Waals surface area (Å²) in [6.45, 7) is 1.89. The highest BCUT2D eigenvalue weighted by Gasteiger charge is 2.10. The summed E-state index contributed by atoms with van der Waals surface area (Å²) in [7, 11) is 0. The lowest BCUT2D eigenvalue weighted by molar-refractivity contribution is 0.890. The maximum Gasteiger partial charge on any atom is 0.291 e. The molecule has 0 aliphatic carbocycles. The van der Waals surface area contributed by atoms with Gasteiger partial charge in [0.15, 0.2) is 5.52 Å². The molecule has 0 amide bonds. The van der Waals surface area contributed by atoms with Crippen LogP contribution in [0.1, 0.15) is 5.56 Å². The first-order valence-electron chi connectivity index (χ1n) is 5.53. The first-order valence-corrected chi connectivity index (χ1v) is 5.91. The molecule has 0 atom stereocenters. The van der Waals surface area contributed by atoms with Crippen LogP contribution in [0.25, 0.3) is 16.6 Å². The summed E-state index contributed by atoms with van der Waals surface area (Å²) in [5.41, 5.74) is 0.898. The predicted molar refractivity (Wildman–Crippen MR) is 72.1 cm³/mol. The molecular formula is C12H9ClN4O2. The summed E-state index contributed by atoms with van der Waals surface area (Å²) in [6.07, 6.45) is 1.50. The van der Waals surface area contributed by atoms with Crippen molar-refractivity contribution in [1.82, 2.24) is 20.0 Å². The van der Waals surface area contributed by atoms with E-state index in [9.17, 15) is 9.59 Å². The zero-order valence-corrected chi connectivity index (χ0v) is 10.7. The van der Waals surface area contributed by atoms with Gasteiger partial charge in [0.25, 0.3) is 11.1 Å². The number of aryl methyl sites for hydroxylation is 1. The quantitative estimate of drug-likeness (QED) is 0.704. The normalized spacial score (nSPS) is 11.1. The summed E-state index contributed by atoms with van der Waals surface area (Å²) in [5.74, 6) is 0. The molecule has 2 N–H and O–H groups in total. The fourth-order valence-corrected chi connectivity index (χ4v) is 1.98. The molecular weight excluding hydrogens is 268 g/mol. The largest absolute Gasteiger partial charge is 0.291 e. The minimum absolute atomic E-state index is 0.0976. The van der Waals surface area contributed by atoms with E-state index >= 15 is 0 Å². The number of aromatic amines is 2. The van der Waals surface area contributed by atoms with Crippen LogP contribution in [0.4, 0.5) is 0 Å². The molecule has 6 nitrogen and oxygen atoms in total. The van der Waals surface area contributed by atoms with Crippen LogP contribution < -0.4 is 11.1 Å². The van der Waals surface area contributed by atoms with E-state index < -0.39 is 5.56 Å². The van der Waals surface area contributed by atoms with Crippen molar-refractivity contribution in [3.05, 3.63) is 55.7 Å². The van der Waals surface area contributed by atoms with E-state index in [-0.39, 0.29) is 16.5 Å².